The largest absolute Gasteiger partial charge is 0.383 e. The molecule has 0 radical (unpaired) electrons. The summed E-state index contributed by atoms with van der Waals surface area (Å²) in [7, 11) is 0. The number of nitrogens with zero attached hydrogens (tertiary/aromatic N) is 3. The standard InChI is InChI=1S/C20H20N6OS/c1-11(27)15-9-23-20(21)18-17(24-26(19(15)18)14-4-5-22-8-14)7-12-2-3-13-10-28-25-16(13)6-12/h2-3,6-7,9-10,14,22,25H,4-5,8H2,1H3,(H2,21,23). The predicted octanol–water partition coefficient (Wildman–Crippen LogP) is 1.39. The van der Waals surface area contributed by atoms with Crippen molar-refractivity contribution in [3.05, 3.63) is 46.1 Å². The Morgan fingerprint density at radius 2 is 2.32 bits per heavy atom. The molecule has 8 heteroatoms. The zero-order valence-electron chi connectivity index (χ0n) is 15.4. The second-order valence-corrected chi connectivity index (χ2v) is 7.82. The van der Waals surface area contributed by atoms with Crippen LogP contribution in [0.3, 0.4) is 0 Å². The highest BCUT2D eigenvalue weighted by molar-refractivity contribution is 8.08. The smallest absolute Gasteiger partial charge is 0.163 e. The molecule has 1 aromatic carbocycles. The number of carbonyl (C=O) groups excluding carboxylic acids is 1. The molecule has 0 saturated carbocycles. The number of aromatic nitrogens is 3. The molecule has 4 heterocycles. The number of anilines is 2. The number of Topliss-reactive ketones (excluding diaryl/α,β-unsaturated/α-hetero) is 1. The molecule has 1 atom stereocenters. The number of benzene rings is 1. The predicted molar refractivity (Wildman–Crippen MR) is 113 cm³/mol. The zero-order valence-corrected chi connectivity index (χ0v) is 16.2. The van der Waals surface area contributed by atoms with Gasteiger partial charge in [0.05, 0.1) is 33.9 Å². The number of nitrogens with one attached hydrogen (secondary N) is 2. The van der Waals surface area contributed by atoms with Gasteiger partial charge in [-0.15, -0.1) is 0 Å². The highest BCUT2D eigenvalue weighted by atomic mass is 32.2. The van der Waals surface area contributed by atoms with Crippen LogP contribution in [0.5, 0.6) is 0 Å². The molecule has 0 bridgehead atoms. The van der Waals surface area contributed by atoms with Crippen molar-refractivity contribution in [3.8, 4) is 0 Å². The first kappa shape index (κ1) is 17.3. The molecule has 2 aliphatic rings. The summed E-state index contributed by atoms with van der Waals surface area (Å²) in [5.41, 5.74) is 9.41. The van der Waals surface area contributed by atoms with Gasteiger partial charge < -0.3 is 15.8 Å². The normalized spacial score (nSPS) is 18.9. The number of carbonyl (C=O) groups is 1. The van der Waals surface area contributed by atoms with Crippen LogP contribution in [0.15, 0.2) is 24.4 Å². The van der Waals surface area contributed by atoms with E-state index in [4.69, 9.17) is 10.8 Å². The molecule has 1 saturated heterocycles. The van der Waals surface area contributed by atoms with Gasteiger partial charge in [-0.05, 0) is 49.2 Å². The number of ketones is 1. The molecule has 7 nitrogen and oxygen atoms in total. The number of rotatable bonds is 3. The van der Waals surface area contributed by atoms with Crippen LogP contribution in [0.4, 0.5) is 11.5 Å². The number of pyridine rings is 1. The summed E-state index contributed by atoms with van der Waals surface area (Å²) < 4.78 is 5.24. The lowest BCUT2D eigenvalue weighted by atomic mass is 10.1. The fourth-order valence-corrected chi connectivity index (χ4v) is 4.56. The minimum Gasteiger partial charge on any atom is -0.383 e. The van der Waals surface area contributed by atoms with Crippen molar-refractivity contribution in [2.45, 2.75) is 19.4 Å². The Balaban J connectivity index is 1.77. The van der Waals surface area contributed by atoms with Crippen molar-refractivity contribution < 1.29 is 4.79 Å². The first-order valence-corrected chi connectivity index (χ1v) is 10.1. The van der Waals surface area contributed by atoms with Crippen molar-refractivity contribution >= 4 is 51.6 Å². The summed E-state index contributed by atoms with van der Waals surface area (Å²) >= 11 is 1.57. The van der Waals surface area contributed by atoms with Gasteiger partial charge in [-0.3, -0.25) is 9.48 Å². The maximum atomic E-state index is 12.3. The van der Waals surface area contributed by atoms with Crippen molar-refractivity contribution in [1.29, 1.82) is 0 Å². The van der Waals surface area contributed by atoms with Crippen LogP contribution >= 0.6 is 11.9 Å². The van der Waals surface area contributed by atoms with Gasteiger partial charge in [0.2, 0.25) is 0 Å². The van der Waals surface area contributed by atoms with E-state index in [1.54, 1.807) is 25.1 Å². The maximum Gasteiger partial charge on any atom is 0.163 e. The molecular weight excluding hydrogens is 372 g/mol. The van der Waals surface area contributed by atoms with Crippen LogP contribution in [-0.4, -0.2) is 33.6 Å². The number of hydrogen-bond donors (Lipinski definition) is 3. The van der Waals surface area contributed by atoms with Crippen LogP contribution in [0.1, 0.15) is 35.4 Å². The van der Waals surface area contributed by atoms with Crippen molar-refractivity contribution in [2.24, 2.45) is 0 Å². The van der Waals surface area contributed by atoms with Crippen LogP contribution < -0.4 is 26.2 Å². The Kier molecular flexibility index (Phi) is 4.10. The summed E-state index contributed by atoms with van der Waals surface area (Å²) in [6, 6.07) is 6.42. The van der Waals surface area contributed by atoms with E-state index in [2.05, 4.69) is 38.6 Å². The first-order valence-electron chi connectivity index (χ1n) is 9.24. The monoisotopic (exact) mass is 392 g/mol. The highest BCUT2D eigenvalue weighted by Gasteiger charge is 2.25. The highest BCUT2D eigenvalue weighted by Crippen LogP contribution is 2.31. The Morgan fingerprint density at radius 3 is 3.11 bits per heavy atom. The van der Waals surface area contributed by atoms with Gasteiger partial charge in [-0.25, -0.2) is 4.98 Å². The fourth-order valence-electron chi connectivity index (χ4n) is 3.86. The minimum absolute atomic E-state index is 0.0366. The average Bonchev–Trinajstić information content (AvgIpc) is 3.41. The molecule has 2 aliphatic heterocycles. The molecule has 1 unspecified atom stereocenters. The molecular formula is C20H20N6OS. The molecule has 2 aromatic heterocycles. The maximum absolute atomic E-state index is 12.3. The van der Waals surface area contributed by atoms with E-state index < -0.39 is 0 Å². The SMILES string of the molecule is CC(=O)c1cnc(N)c2c(C=c3ccc4c(c3)NSC=4)nn(C3CCNC3)c12. The third-order valence-corrected chi connectivity index (χ3v) is 5.99. The molecule has 0 amide bonds. The van der Waals surface area contributed by atoms with Gasteiger partial charge in [0.1, 0.15) is 5.82 Å². The summed E-state index contributed by atoms with van der Waals surface area (Å²) in [6.07, 6.45) is 4.54. The fraction of sp³-hybridized carbons (Fsp3) is 0.250. The first-order chi connectivity index (χ1) is 13.6. The lowest BCUT2D eigenvalue weighted by Gasteiger charge is -2.12. The Bertz CT molecular complexity index is 1230. The third kappa shape index (κ3) is 2.76. The number of hydrogen-bond acceptors (Lipinski definition) is 7. The van der Waals surface area contributed by atoms with E-state index >= 15 is 0 Å². The van der Waals surface area contributed by atoms with E-state index in [-0.39, 0.29) is 11.8 Å². The summed E-state index contributed by atoms with van der Waals surface area (Å²) in [5, 5.41) is 13.3. The second kappa shape index (κ2) is 6.65. The van der Waals surface area contributed by atoms with Gasteiger partial charge in [0, 0.05) is 23.4 Å². The van der Waals surface area contributed by atoms with Crippen molar-refractivity contribution in [2.75, 3.05) is 23.5 Å². The topological polar surface area (TPSA) is 97.9 Å². The molecule has 3 aromatic rings. The van der Waals surface area contributed by atoms with E-state index in [1.165, 1.54) is 5.22 Å². The lowest BCUT2D eigenvalue weighted by Crippen LogP contribution is -2.16. The molecule has 28 heavy (non-hydrogen) atoms. The van der Waals surface area contributed by atoms with Gasteiger partial charge >= 0.3 is 0 Å². The molecule has 0 aliphatic carbocycles. The Hall–Kier alpha value is -2.84. The summed E-state index contributed by atoms with van der Waals surface area (Å²) in [5.74, 6) is 0.358. The van der Waals surface area contributed by atoms with Gasteiger partial charge in [-0.2, -0.15) is 5.10 Å². The summed E-state index contributed by atoms with van der Waals surface area (Å²) in [6.45, 7) is 3.32. The Morgan fingerprint density at radius 1 is 1.43 bits per heavy atom. The zero-order chi connectivity index (χ0) is 19.3. The van der Waals surface area contributed by atoms with Crippen LogP contribution in [0.25, 0.3) is 22.4 Å². The van der Waals surface area contributed by atoms with Gasteiger partial charge in [0.25, 0.3) is 0 Å². The lowest BCUT2D eigenvalue weighted by molar-refractivity contribution is 0.101. The van der Waals surface area contributed by atoms with Crippen molar-refractivity contribution in [1.82, 2.24) is 20.1 Å². The van der Waals surface area contributed by atoms with Crippen LogP contribution in [0.2, 0.25) is 0 Å². The quantitative estimate of drug-likeness (QED) is 0.458. The van der Waals surface area contributed by atoms with E-state index in [9.17, 15) is 4.79 Å². The molecule has 0 spiro atoms. The molecule has 5 rings (SSSR count). The molecule has 4 N–H and O–H groups in total. The van der Waals surface area contributed by atoms with Gasteiger partial charge in [0.15, 0.2) is 5.78 Å². The Labute approximate surface area is 165 Å². The number of fused-ring (bicyclic) bond motifs is 2. The second-order valence-electron chi connectivity index (χ2n) is 7.14. The third-order valence-electron chi connectivity index (χ3n) is 5.28. The van der Waals surface area contributed by atoms with Crippen molar-refractivity contribution in [3.63, 3.8) is 0 Å². The van der Waals surface area contributed by atoms with Gasteiger partial charge in [-0.1, -0.05) is 12.1 Å². The molecule has 142 valence electrons. The van der Waals surface area contributed by atoms with E-state index in [0.29, 0.717) is 11.4 Å². The van der Waals surface area contributed by atoms with Crippen LogP contribution in [0, 0.1) is 0 Å². The van der Waals surface area contributed by atoms with Crippen LogP contribution in [-0.2, 0) is 0 Å². The number of nitrogens with two attached hydrogens (primary N) is 1. The molecule has 1 fully saturated rings. The number of nitrogen functional groups attached to an aromatic ring is 1. The van der Waals surface area contributed by atoms with E-state index in [1.807, 2.05) is 10.8 Å². The average molecular weight is 392 g/mol. The minimum atomic E-state index is -0.0366. The summed E-state index contributed by atoms with van der Waals surface area (Å²) in [4.78, 5) is 16.5. The van der Waals surface area contributed by atoms with E-state index in [0.717, 1.165) is 47.0 Å².